The quantitative estimate of drug-likeness (QED) is 0.551. The second kappa shape index (κ2) is 7.49. The Morgan fingerprint density at radius 2 is 2.25 bits per heavy atom. The summed E-state index contributed by atoms with van der Waals surface area (Å²) in [5.41, 5.74) is 0. The SMILES string of the molecule is CN=C(NCCC1CCCO1)NCC(C)C. The predicted octanol–water partition coefficient (Wildman–Crippen LogP) is 1.38. The van der Waals surface area contributed by atoms with Crippen molar-refractivity contribution in [3.8, 4) is 0 Å². The Bertz CT molecular complexity index is 210. The summed E-state index contributed by atoms with van der Waals surface area (Å²) in [5.74, 6) is 1.53. The molecular weight excluding hydrogens is 202 g/mol. The molecule has 0 aromatic rings. The van der Waals surface area contributed by atoms with Gasteiger partial charge in [-0.3, -0.25) is 4.99 Å². The van der Waals surface area contributed by atoms with Gasteiger partial charge < -0.3 is 15.4 Å². The summed E-state index contributed by atoms with van der Waals surface area (Å²) in [4.78, 5) is 4.18. The molecule has 4 nitrogen and oxygen atoms in total. The Morgan fingerprint density at radius 1 is 1.44 bits per heavy atom. The van der Waals surface area contributed by atoms with Crippen LogP contribution in [0.2, 0.25) is 0 Å². The summed E-state index contributed by atoms with van der Waals surface area (Å²) in [6, 6.07) is 0. The highest BCUT2D eigenvalue weighted by Crippen LogP contribution is 2.14. The van der Waals surface area contributed by atoms with Crippen LogP contribution in [0.5, 0.6) is 0 Å². The van der Waals surface area contributed by atoms with Crippen LogP contribution in [-0.2, 0) is 4.74 Å². The molecule has 0 spiro atoms. The summed E-state index contributed by atoms with van der Waals surface area (Å²) < 4.78 is 5.57. The van der Waals surface area contributed by atoms with E-state index in [-0.39, 0.29) is 0 Å². The lowest BCUT2D eigenvalue weighted by Crippen LogP contribution is -2.40. The van der Waals surface area contributed by atoms with Gasteiger partial charge in [-0.15, -0.1) is 0 Å². The largest absolute Gasteiger partial charge is 0.378 e. The van der Waals surface area contributed by atoms with E-state index in [0.29, 0.717) is 12.0 Å². The van der Waals surface area contributed by atoms with E-state index in [4.69, 9.17) is 4.74 Å². The molecule has 2 N–H and O–H groups in total. The van der Waals surface area contributed by atoms with Crippen LogP contribution in [0.1, 0.15) is 33.1 Å². The molecule has 0 aromatic carbocycles. The summed E-state index contributed by atoms with van der Waals surface area (Å²) in [5, 5.41) is 6.60. The van der Waals surface area contributed by atoms with Crippen molar-refractivity contribution >= 4 is 5.96 Å². The van der Waals surface area contributed by atoms with Gasteiger partial charge in [-0.2, -0.15) is 0 Å². The molecule has 0 amide bonds. The maximum atomic E-state index is 5.57. The Balaban J connectivity index is 2.08. The third-order valence-corrected chi connectivity index (χ3v) is 2.68. The van der Waals surface area contributed by atoms with Gasteiger partial charge in [-0.1, -0.05) is 13.8 Å². The van der Waals surface area contributed by atoms with Crippen LogP contribution < -0.4 is 10.6 Å². The van der Waals surface area contributed by atoms with Crippen molar-refractivity contribution < 1.29 is 4.74 Å². The lowest BCUT2D eigenvalue weighted by atomic mass is 10.2. The summed E-state index contributed by atoms with van der Waals surface area (Å²) in [6.07, 6.45) is 3.95. The van der Waals surface area contributed by atoms with Crippen molar-refractivity contribution in [2.75, 3.05) is 26.7 Å². The molecule has 94 valence electrons. The normalized spacial score (nSPS) is 21.5. The first-order valence-corrected chi connectivity index (χ1v) is 6.28. The lowest BCUT2D eigenvalue weighted by Gasteiger charge is -2.15. The predicted molar refractivity (Wildman–Crippen MR) is 67.8 cm³/mol. The van der Waals surface area contributed by atoms with E-state index < -0.39 is 0 Å². The molecule has 1 fully saturated rings. The van der Waals surface area contributed by atoms with Crippen LogP contribution in [0.15, 0.2) is 4.99 Å². The molecule has 1 rings (SSSR count). The second-order valence-corrected chi connectivity index (χ2v) is 4.70. The number of guanidine groups is 1. The standard InChI is InChI=1S/C12H25N3O/c1-10(2)9-15-12(13-3)14-7-6-11-5-4-8-16-11/h10-11H,4-9H2,1-3H3,(H2,13,14,15). The maximum Gasteiger partial charge on any atom is 0.190 e. The van der Waals surface area contributed by atoms with Gasteiger partial charge in [-0.25, -0.2) is 0 Å². The minimum atomic E-state index is 0.454. The first-order chi connectivity index (χ1) is 7.72. The van der Waals surface area contributed by atoms with Gasteiger partial charge in [0.25, 0.3) is 0 Å². The van der Waals surface area contributed by atoms with E-state index in [1.54, 1.807) is 0 Å². The van der Waals surface area contributed by atoms with Gasteiger partial charge in [0.05, 0.1) is 6.10 Å². The Labute approximate surface area is 98.9 Å². The monoisotopic (exact) mass is 227 g/mol. The van der Waals surface area contributed by atoms with Gasteiger partial charge in [0.1, 0.15) is 0 Å². The molecule has 4 heteroatoms. The third kappa shape index (κ3) is 5.35. The average molecular weight is 227 g/mol. The summed E-state index contributed by atoms with van der Waals surface area (Å²) in [7, 11) is 1.81. The van der Waals surface area contributed by atoms with E-state index >= 15 is 0 Å². The number of nitrogens with one attached hydrogen (secondary N) is 2. The smallest absolute Gasteiger partial charge is 0.190 e. The van der Waals surface area contributed by atoms with Crippen LogP contribution in [0, 0.1) is 5.92 Å². The number of ether oxygens (including phenoxy) is 1. The number of nitrogens with zero attached hydrogens (tertiary/aromatic N) is 1. The first-order valence-electron chi connectivity index (χ1n) is 6.28. The Hall–Kier alpha value is -0.770. The zero-order valence-electron chi connectivity index (χ0n) is 10.8. The van der Waals surface area contributed by atoms with E-state index in [1.807, 2.05) is 7.05 Å². The minimum Gasteiger partial charge on any atom is -0.378 e. The fourth-order valence-electron chi connectivity index (χ4n) is 1.74. The number of hydrogen-bond donors (Lipinski definition) is 2. The molecule has 1 unspecified atom stereocenters. The molecule has 1 atom stereocenters. The fraction of sp³-hybridized carbons (Fsp3) is 0.917. The van der Waals surface area contributed by atoms with Crippen LogP contribution >= 0.6 is 0 Å². The molecule has 0 saturated carbocycles. The highest BCUT2D eigenvalue weighted by Gasteiger charge is 2.14. The highest BCUT2D eigenvalue weighted by molar-refractivity contribution is 5.79. The zero-order valence-corrected chi connectivity index (χ0v) is 10.8. The van der Waals surface area contributed by atoms with Crippen molar-refractivity contribution in [3.05, 3.63) is 0 Å². The van der Waals surface area contributed by atoms with E-state index in [0.717, 1.165) is 32.1 Å². The molecular formula is C12H25N3O. The van der Waals surface area contributed by atoms with Crippen molar-refractivity contribution in [3.63, 3.8) is 0 Å². The maximum absolute atomic E-state index is 5.57. The van der Waals surface area contributed by atoms with Crippen LogP contribution in [0.25, 0.3) is 0 Å². The van der Waals surface area contributed by atoms with E-state index in [2.05, 4.69) is 29.5 Å². The minimum absolute atomic E-state index is 0.454. The molecule has 1 aliphatic heterocycles. The summed E-state index contributed by atoms with van der Waals surface area (Å²) in [6.45, 7) is 7.20. The molecule has 0 radical (unpaired) electrons. The topological polar surface area (TPSA) is 45.7 Å². The molecule has 1 saturated heterocycles. The van der Waals surface area contributed by atoms with Crippen LogP contribution in [-0.4, -0.2) is 38.8 Å². The van der Waals surface area contributed by atoms with Gasteiger partial charge >= 0.3 is 0 Å². The van der Waals surface area contributed by atoms with Crippen LogP contribution in [0.3, 0.4) is 0 Å². The number of rotatable bonds is 5. The van der Waals surface area contributed by atoms with E-state index in [1.165, 1.54) is 12.8 Å². The number of aliphatic imine (C=N–C) groups is 1. The van der Waals surface area contributed by atoms with E-state index in [9.17, 15) is 0 Å². The second-order valence-electron chi connectivity index (χ2n) is 4.70. The van der Waals surface area contributed by atoms with Crippen LogP contribution in [0.4, 0.5) is 0 Å². The average Bonchev–Trinajstić information content (AvgIpc) is 2.75. The fourth-order valence-corrected chi connectivity index (χ4v) is 1.74. The Morgan fingerprint density at radius 3 is 2.81 bits per heavy atom. The van der Waals surface area contributed by atoms with Gasteiger partial charge in [0.15, 0.2) is 5.96 Å². The van der Waals surface area contributed by atoms with Crippen molar-refractivity contribution in [2.45, 2.75) is 39.2 Å². The molecule has 1 heterocycles. The van der Waals surface area contributed by atoms with Gasteiger partial charge in [0, 0.05) is 26.7 Å². The Kier molecular flexibility index (Phi) is 6.23. The molecule has 0 aliphatic carbocycles. The lowest BCUT2D eigenvalue weighted by molar-refractivity contribution is 0.105. The molecule has 1 aliphatic rings. The highest BCUT2D eigenvalue weighted by atomic mass is 16.5. The van der Waals surface area contributed by atoms with Gasteiger partial charge in [-0.05, 0) is 25.2 Å². The zero-order chi connectivity index (χ0) is 11.8. The molecule has 0 bridgehead atoms. The summed E-state index contributed by atoms with van der Waals surface area (Å²) >= 11 is 0. The molecule has 0 aromatic heterocycles. The third-order valence-electron chi connectivity index (χ3n) is 2.68. The van der Waals surface area contributed by atoms with Gasteiger partial charge in [0.2, 0.25) is 0 Å². The molecule has 16 heavy (non-hydrogen) atoms. The van der Waals surface area contributed by atoms with Crippen molar-refractivity contribution in [1.82, 2.24) is 10.6 Å². The first kappa shape index (κ1) is 13.3. The van der Waals surface area contributed by atoms with Crippen molar-refractivity contribution in [1.29, 1.82) is 0 Å². The number of hydrogen-bond acceptors (Lipinski definition) is 2. The van der Waals surface area contributed by atoms with Crippen molar-refractivity contribution in [2.24, 2.45) is 10.9 Å².